The normalized spacial score (nSPS) is 24.3. The van der Waals surface area contributed by atoms with Gasteiger partial charge in [0.05, 0.1) is 0 Å². The van der Waals surface area contributed by atoms with Crippen LogP contribution in [-0.4, -0.2) is 53.5 Å². The predicted octanol–water partition coefficient (Wildman–Crippen LogP) is 2.25. The number of carbonyl (C=O) groups excluding carboxylic acids is 3. The Morgan fingerprint density at radius 1 is 1.19 bits per heavy atom. The van der Waals surface area contributed by atoms with Gasteiger partial charge in [0.25, 0.3) is 5.91 Å². The summed E-state index contributed by atoms with van der Waals surface area (Å²) < 4.78 is 41.6. The highest BCUT2D eigenvalue weighted by atomic mass is 19.4. The number of benzene rings is 1. The number of hydrogen-bond donors (Lipinski definition) is 1. The van der Waals surface area contributed by atoms with Crippen LogP contribution in [0.1, 0.15) is 25.3 Å². The van der Waals surface area contributed by atoms with Gasteiger partial charge in [0.1, 0.15) is 6.54 Å². The highest BCUT2D eigenvalue weighted by Gasteiger charge is 2.68. The van der Waals surface area contributed by atoms with Crippen LogP contribution in [0.15, 0.2) is 30.3 Å². The first kappa shape index (κ1) is 19.2. The average Bonchev–Trinajstić information content (AvgIpc) is 2.88. The van der Waals surface area contributed by atoms with E-state index in [2.05, 4.69) is 6.92 Å². The van der Waals surface area contributed by atoms with E-state index in [-0.39, 0.29) is 0 Å². The monoisotopic (exact) mass is 383 g/mol. The Labute approximate surface area is 154 Å². The van der Waals surface area contributed by atoms with Crippen LogP contribution in [0.25, 0.3) is 0 Å². The number of urea groups is 1. The summed E-state index contributed by atoms with van der Waals surface area (Å²) in [5.74, 6) is -1.55. The number of amides is 4. The Morgan fingerprint density at radius 3 is 2.33 bits per heavy atom. The summed E-state index contributed by atoms with van der Waals surface area (Å²) in [6.07, 6.45) is -3.50. The minimum atomic E-state index is -5.06. The van der Waals surface area contributed by atoms with Crippen molar-refractivity contribution in [1.29, 1.82) is 0 Å². The number of halogens is 3. The third kappa shape index (κ3) is 3.26. The van der Waals surface area contributed by atoms with Crippen molar-refractivity contribution in [2.45, 2.75) is 31.5 Å². The number of nitrogens with one attached hydrogen (secondary N) is 1. The van der Waals surface area contributed by atoms with Gasteiger partial charge in [0.2, 0.25) is 11.4 Å². The molecule has 2 fully saturated rings. The summed E-state index contributed by atoms with van der Waals surface area (Å²) in [5, 5.41) is 1.78. The molecule has 2 heterocycles. The van der Waals surface area contributed by atoms with Gasteiger partial charge in [-0.15, -0.1) is 0 Å². The SMILES string of the molecule is CC1CCN(C(=O)CN2C(=O)NC(c3ccccc3)(C(F)(F)F)C2=O)CC1. The predicted molar refractivity (Wildman–Crippen MR) is 89.4 cm³/mol. The standard InChI is InChI=1S/C18H20F3N3O3/c1-12-7-9-23(10-8-12)14(25)11-24-15(26)17(18(19,20)21,22-16(24)27)13-5-3-2-4-6-13/h2-6,12H,7-11H2,1H3,(H,22,27). The van der Waals surface area contributed by atoms with Gasteiger partial charge in [-0.2, -0.15) is 13.2 Å². The largest absolute Gasteiger partial charge is 0.425 e. The molecule has 27 heavy (non-hydrogen) atoms. The minimum Gasteiger partial charge on any atom is -0.341 e. The fourth-order valence-electron chi connectivity index (χ4n) is 3.45. The lowest BCUT2D eigenvalue weighted by atomic mass is 9.89. The van der Waals surface area contributed by atoms with E-state index in [1.54, 1.807) is 5.32 Å². The third-order valence-electron chi connectivity index (χ3n) is 5.17. The van der Waals surface area contributed by atoms with Crippen molar-refractivity contribution in [2.75, 3.05) is 19.6 Å². The zero-order chi connectivity index (χ0) is 19.8. The summed E-state index contributed by atoms with van der Waals surface area (Å²) in [6, 6.07) is 5.25. The molecule has 3 rings (SSSR count). The molecule has 0 aliphatic carbocycles. The van der Waals surface area contributed by atoms with Crippen molar-refractivity contribution in [3.8, 4) is 0 Å². The fraction of sp³-hybridized carbons (Fsp3) is 0.500. The van der Waals surface area contributed by atoms with Gasteiger partial charge in [0, 0.05) is 13.1 Å². The van der Waals surface area contributed by atoms with Gasteiger partial charge in [-0.1, -0.05) is 37.3 Å². The second-order valence-corrected chi connectivity index (χ2v) is 7.00. The molecule has 9 heteroatoms. The zero-order valence-electron chi connectivity index (χ0n) is 14.8. The highest BCUT2D eigenvalue weighted by molar-refractivity contribution is 6.10. The Balaban J connectivity index is 1.86. The highest BCUT2D eigenvalue weighted by Crippen LogP contribution is 2.43. The molecule has 1 atom stereocenters. The van der Waals surface area contributed by atoms with E-state index in [1.165, 1.54) is 23.1 Å². The first-order valence-electron chi connectivity index (χ1n) is 8.71. The van der Waals surface area contributed by atoms with E-state index in [0.717, 1.165) is 25.0 Å². The van der Waals surface area contributed by atoms with Crippen LogP contribution in [0.2, 0.25) is 0 Å². The molecule has 0 aromatic heterocycles. The molecule has 0 saturated carbocycles. The quantitative estimate of drug-likeness (QED) is 0.814. The maximum atomic E-state index is 13.9. The van der Waals surface area contributed by atoms with Gasteiger partial charge in [-0.05, 0) is 24.3 Å². The van der Waals surface area contributed by atoms with Gasteiger partial charge in [-0.3, -0.25) is 14.5 Å². The molecule has 1 unspecified atom stereocenters. The first-order chi connectivity index (χ1) is 12.7. The number of carbonyl (C=O) groups is 3. The van der Waals surface area contributed by atoms with Crippen LogP contribution >= 0.6 is 0 Å². The number of imide groups is 1. The van der Waals surface area contributed by atoms with E-state index < -0.39 is 41.7 Å². The van der Waals surface area contributed by atoms with Gasteiger partial charge in [0.15, 0.2) is 0 Å². The number of alkyl halides is 3. The molecule has 4 amide bonds. The molecule has 2 aliphatic heterocycles. The van der Waals surface area contributed by atoms with Crippen molar-refractivity contribution >= 4 is 17.8 Å². The number of piperidine rings is 1. The second-order valence-electron chi connectivity index (χ2n) is 7.00. The minimum absolute atomic E-state index is 0.362. The molecule has 1 aromatic carbocycles. The fourth-order valence-corrected chi connectivity index (χ4v) is 3.45. The smallest absolute Gasteiger partial charge is 0.341 e. The van der Waals surface area contributed by atoms with Crippen LogP contribution in [-0.2, 0) is 15.1 Å². The molecule has 6 nitrogen and oxygen atoms in total. The van der Waals surface area contributed by atoms with E-state index >= 15 is 0 Å². The number of rotatable bonds is 3. The maximum absolute atomic E-state index is 13.9. The summed E-state index contributed by atoms with van der Waals surface area (Å²) in [6.45, 7) is 2.28. The van der Waals surface area contributed by atoms with Gasteiger partial charge in [-0.25, -0.2) is 4.79 Å². The molecule has 0 radical (unpaired) electrons. The molecular formula is C18H20F3N3O3. The topological polar surface area (TPSA) is 69.7 Å². The Bertz CT molecular complexity index is 745. The van der Waals surface area contributed by atoms with Crippen molar-refractivity contribution in [1.82, 2.24) is 15.1 Å². The van der Waals surface area contributed by atoms with Crippen LogP contribution < -0.4 is 5.32 Å². The maximum Gasteiger partial charge on any atom is 0.425 e. The van der Waals surface area contributed by atoms with Crippen molar-refractivity contribution in [2.24, 2.45) is 5.92 Å². The molecule has 146 valence electrons. The van der Waals surface area contributed by atoms with Gasteiger partial charge >= 0.3 is 12.2 Å². The molecule has 2 aliphatic rings. The number of likely N-dealkylation sites (tertiary alicyclic amines) is 1. The Morgan fingerprint density at radius 2 is 1.78 bits per heavy atom. The molecular weight excluding hydrogens is 363 g/mol. The summed E-state index contributed by atoms with van der Waals surface area (Å²) in [5.41, 5.74) is -3.57. The third-order valence-corrected chi connectivity index (χ3v) is 5.17. The molecule has 0 bridgehead atoms. The van der Waals surface area contributed by atoms with Gasteiger partial charge < -0.3 is 10.2 Å². The summed E-state index contributed by atoms with van der Waals surface area (Å²) >= 11 is 0. The zero-order valence-corrected chi connectivity index (χ0v) is 14.8. The second kappa shape index (κ2) is 6.86. The number of hydrogen-bond acceptors (Lipinski definition) is 3. The molecule has 1 aromatic rings. The van der Waals surface area contributed by atoms with Crippen molar-refractivity contribution in [3.05, 3.63) is 35.9 Å². The van der Waals surface area contributed by atoms with Crippen LogP contribution in [0.4, 0.5) is 18.0 Å². The molecule has 1 N–H and O–H groups in total. The van der Waals surface area contributed by atoms with E-state index in [0.29, 0.717) is 23.9 Å². The van der Waals surface area contributed by atoms with Crippen LogP contribution in [0.5, 0.6) is 0 Å². The summed E-state index contributed by atoms with van der Waals surface area (Å²) in [7, 11) is 0. The van der Waals surface area contributed by atoms with E-state index in [9.17, 15) is 27.6 Å². The Kier molecular flexibility index (Phi) is 4.88. The van der Waals surface area contributed by atoms with Crippen LogP contribution in [0.3, 0.4) is 0 Å². The summed E-state index contributed by atoms with van der Waals surface area (Å²) in [4.78, 5) is 39.2. The lowest BCUT2D eigenvalue weighted by Crippen LogP contribution is -2.56. The van der Waals surface area contributed by atoms with Crippen molar-refractivity contribution in [3.63, 3.8) is 0 Å². The molecule has 0 spiro atoms. The lowest BCUT2D eigenvalue weighted by molar-refractivity contribution is -0.198. The lowest BCUT2D eigenvalue weighted by Gasteiger charge is -2.32. The van der Waals surface area contributed by atoms with E-state index in [1.807, 2.05) is 0 Å². The average molecular weight is 383 g/mol. The van der Waals surface area contributed by atoms with Crippen molar-refractivity contribution < 1.29 is 27.6 Å². The molecule has 2 saturated heterocycles. The Hall–Kier alpha value is -2.58. The van der Waals surface area contributed by atoms with Crippen LogP contribution in [0, 0.1) is 5.92 Å². The van der Waals surface area contributed by atoms with E-state index in [4.69, 9.17) is 0 Å². The number of nitrogens with zero attached hydrogens (tertiary/aromatic N) is 2. The first-order valence-corrected chi connectivity index (χ1v) is 8.71.